The molecule has 6 N–H and O–H groups in total. The first-order chi connectivity index (χ1) is 55.5. The second-order valence-electron chi connectivity index (χ2n) is 29.3. The molecule has 0 radical (unpaired) electrons. The van der Waals surface area contributed by atoms with Gasteiger partial charge in [-0.05, 0) is 106 Å². The molecule has 3 amide bonds. The maximum Gasteiger partial charge on any atom is 0.272 e. The Labute approximate surface area is 659 Å². The highest BCUT2D eigenvalue weighted by atomic mass is 16.3. The predicted octanol–water partition coefficient (Wildman–Crippen LogP) is 14.4. The van der Waals surface area contributed by atoms with Crippen LogP contribution in [0.25, 0.3) is 54.6 Å². The van der Waals surface area contributed by atoms with Gasteiger partial charge >= 0.3 is 0 Å². The summed E-state index contributed by atoms with van der Waals surface area (Å²) >= 11 is 0. The van der Waals surface area contributed by atoms with E-state index in [0.29, 0.717) is 76.0 Å². The minimum atomic E-state index is -0.177. The number of aliphatic hydroxyl groups excluding tert-OH is 3. The fourth-order valence-corrected chi connectivity index (χ4v) is 16.1. The van der Waals surface area contributed by atoms with Gasteiger partial charge in [0.2, 0.25) is 0 Å². The molecule has 0 spiro atoms. The molecule has 0 bridgehead atoms. The van der Waals surface area contributed by atoms with E-state index in [4.69, 9.17) is 0 Å². The van der Waals surface area contributed by atoms with Crippen molar-refractivity contribution in [2.45, 2.75) is 111 Å². The summed E-state index contributed by atoms with van der Waals surface area (Å²) in [6, 6.07) is 90.0. The molecule has 14 aromatic rings. The number of aryl methyl sites for hydroxylation is 1. The third kappa shape index (κ3) is 18.2. The van der Waals surface area contributed by atoms with Gasteiger partial charge in [-0.3, -0.25) is 43.1 Å². The molecule has 3 aliphatic rings. The number of hydrogen-bond donors (Lipinski definition) is 6. The molecule has 0 unspecified atom stereocenters. The van der Waals surface area contributed by atoms with Crippen LogP contribution in [-0.4, -0.2) is 117 Å². The summed E-state index contributed by atoms with van der Waals surface area (Å²) in [5, 5.41) is 58.9. The quantitative estimate of drug-likeness (QED) is 0.0334. The van der Waals surface area contributed by atoms with Crippen LogP contribution in [0.4, 0.5) is 0 Å². The van der Waals surface area contributed by atoms with E-state index >= 15 is 0 Å². The first kappa shape index (κ1) is 76.4. The zero-order valence-corrected chi connectivity index (χ0v) is 64.0. The van der Waals surface area contributed by atoms with Gasteiger partial charge in [0.1, 0.15) is 0 Å². The van der Waals surface area contributed by atoms with Crippen LogP contribution in [-0.2, 0) is 104 Å². The number of amides is 3. The van der Waals surface area contributed by atoms with Crippen molar-refractivity contribution in [1.82, 2.24) is 60.0 Å². The largest absolute Gasteiger partial charge is 0.394 e. The summed E-state index contributed by atoms with van der Waals surface area (Å²) in [7, 11) is 0. The van der Waals surface area contributed by atoms with E-state index in [1.54, 1.807) is 0 Å². The van der Waals surface area contributed by atoms with Crippen LogP contribution in [0, 0.1) is 0 Å². The fourth-order valence-electron chi connectivity index (χ4n) is 16.1. The number of rotatable bonds is 24. The average molecular weight is 1500 g/mol. The van der Waals surface area contributed by atoms with E-state index in [1.165, 1.54) is 44.5 Å². The maximum atomic E-state index is 13.4. The third-order valence-electron chi connectivity index (χ3n) is 21.9. The van der Waals surface area contributed by atoms with Crippen molar-refractivity contribution >= 4 is 50.0 Å². The Bertz CT molecular complexity index is 5610. The second-order valence-corrected chi connectivity index (χ2v) is 29.3. The minimum Gasteiger partial charge on any atom is -0.394 e. The molecule has 572 valence electrons. The van der Waals surface area contributed by atoms with Gasteiger partial charge < -0.3 is 31.3 Å². The lowest BCUT2D eigenvalue weighted by molar-refractivity contribution is 0.0934. The molecule has 0 fully saturated rings. The van der Waals surface area contributed by atoms with Gasteiger partial charge in [0.25, 0.3) is 17.7 Å². The Kier molecular flexibility index (Phi) is 24.6. The smallest absolute Gasteiger partial charge is 0.272 e. The van der Waals surface area contributed by atoms with E-state index in [0.717, 1.165) is 148 Å². The van der Waals surface area contributed by atoms with Crippen molar-refractivity contribution in [1.29, 1.82) is 0 Å². The topological polar surface area (TPSA) is 211 Å². The molecule has 0 saturated heterocycles. The predicted molar refractivity (Wildman–Crippen MR) is 446 cm³/mol. The summed E-state index contributed by atoms with van der Waals surface area (Å²) < 4.78 is 5.44. The van der Waals surface area contributed by atoms with Gasteiger partial charge in [-0.1, -0.05) is 262 Å². The summed E-state index contributed by atoms with van der Waals surface area (Å²) in [5.41, 5.74) is 20.6. The Morgan fingerprint density at radius 2 is 0.646 bits per heavy atom. The van der Waals surface area contributed by atoms with Gasteiger partial charge in [0.15, 0.2) is 17.1 Å². The number of carbonyl (C=O) groups is 3. The molecule has 3 aromatic heterocycles. The van der Waals surface area contributed by atoms with Crippen molar-refractivity contribution in [2.75, 3.05) is 39.5 Å². The number of fused-ring (bicyclic) bond motifs is 6. The van der Waals surface area contributed by atoms with Gasteiger partial charge in [0, 0.05) is 132 Å². The average Bonchev–Trinajstić information content (AvgIpc) is 1.65. The molecular formula is C95H96N12O6. The van der Waals surface area contributed by atoms with Gasteiger partial charge in [0.05, 0.1) is 39.5 Å². The lowest BCUT2D eigenvalue weighted by Gasteiger charge is -2.28. The first-order valence-electron chi connectivity index (χ1n) is 39.4. The van der Waals surface area contributed by atoms with Gasteiger partial charge in [-0.25, -0.2) is 0 Å². The number of aromatic nitrogens is 6. The van der Waals surface area contributed by atoms with Crippen molar-refractivity contribution in [3.05, 3.63) is 351 Å². The van der Waals surface area contributed by atoms with Crippen molar-refractivity contribution < 1.29 is 29.7 Å². The van der Waals surface area contributed by atoms with Crippen LogP contribution in [0.15, 0.2) is 261 Å². The Morgan fingerprint density at radius 1 is 0.336 bits per heavy atom. The summed E-state index contributed by atoms with van der Waals surface area (Å²) in [4.78, 5) is 47.3. The molecule has 3 aliphatic heterocycles. The van der Waals surface area contributed by atoms with Crippen molar-refractivity contribution in [3.63, 3.8) is 0 Å². The lowest BCUT2D eigenvalue weighted by Crippen LogP contribution is -2.32. The van der Waals surface area contributed by atoms with Gasteiger partial charge in [-0.15, -0.1) is 0 Å². The van der Waals surface area contributed by atoms with E-state index in [1.807, 2.05) is 99.0 Å². The molecule has 0 aliphatic carbocycles. The number of nitrogens with zero attached hydrogens (tertiary/aromatic N) is 9. The Balaban J connectivity index is 0.000000134. The highest BCUT2D eigenvalue weighted by Crippen LogP contribution is 2.32. The molecule has 18 nitrogen and oxygen atoms in total. The summed E-state index contributed by atoms with van der Waals surface area (Å²) in [6.07, 6.45) is 3.43. The summed E-state index contributed by atoms with van der Waals surface area (Å²) in [6.45, 7) is 11.7. The van der Waals surface area contributed by atoms with Gasteiger partial charge in [-0.2, -0.15) is 15.3 Å². The van der Waals surface area contributed by atoms with E-state index < -0.39 is 0 Å². The summed E-state index contributed by atoms with van der Waals surface area (Å²) in [5.74, 6) is -0.520. The molecule has 18 heteroatoms. The van der Waals surface area contributed by atoms with Crippen LogP contribution in [0.2, 0.25) is 0 Å². The first-order valence-corrected chi connectivity index (χ1v) is 39.4. The molecular weight excluding hydrogens is 1410 g/mol. The zero-order chi connectivity index (χ0) is 77.4. The van der Waals surface area contributed by atoms with Crippen molar-refractivity contribution in [3.8, 4) is 22.3 Å². The van der Waals surface area contributed by atoms with Crippen LogP contribution in [0.1, 0.15) is 111 Å². The SMILES string of the molecule is CCc1ccc(CN2CCc3c(c(C(=O)NCc4cccc5ccccc45)nn3CCO)C2)cc1.O=C(NCc1cccc2ccccc12)c1nn(CCO)c2c1CN(Cc1ccc(-c3ccccc3)cc1)CC2.O=C(NCc1cccc2ccccc12)c1nn(CCO)c2c1CN(Cc1cccc(-c3ccccc3)c1)CC2. The van der Waals surface area contributed by atoms with Crippen LogP contribution in [0.3, 0.4) is 0 Å². The fraction of sp³-hybridized carbons (Fsp3) is 0.242. The maximum absolute atomic E-state index is 13.4. The zero-order valence-electron chi connectivity index (χ0n) is 64.0. The van der Waals surface area contributed by atoms with Crippen molar-refractivity contribution in [2.24, 2.45) is 0 Å². The number of benzene rings is 11. The number of hydrogen-bond acceptors (Lipinski definition) is 12. The molecule has 17 rings (SSSR count). The number of carbonyl (C=O) groups excluding carboxylic acids is 3. The van der Waals surface area contributed by atoms with Crippen LogP contribution < -0.4 is 16.0 Å². The minimum absolute atomic E-state index is 0.00131. The van der Waals surface area contributed by atoms with Crippen LogP contribution in [0.5, 0.6) is 0 Å². The molecule has 0 atom stereocenters. The Morgan fingerprint density at radius 3 is 1.03 bits per heavy atom. The second kappa shape index (κ2) is 36.4. The molecule has 6 heterocycles. The Hall–Kier alpha value is -12.0. The van der Waals surface area contributed by atoms with E-state index in [-0.39, 0.29) is 37.5 Å². The normalized spacial score (nSPS) is 13.5. The highest BCUT2D eigenvalue weighted by molar-refractivity contribution is 5.96. The number of nitrogens with one attached hydrogen (secondary N) is 3. The standard InChI is InChI=1S/2C33H32N4O2.C29H32N4O2/c38-19-18-37-31-16-17-36(22-24-8-6-13-27(20-24)25-9-2-1-3-10-25)23-30(31)32(35-37)33(39)34-21-28-14-7-12-26-11-4-5-15-29(26)28;38-20-19-37-31-17-18-36(22-24-13-15-26(16-14-24)25-7-2-1-3-8-25)23-30(31)32(35-37)33(39)34-21-28-11-6-10-27-9-4-5-12-29(27)28;1-2-21-10-12-22(13-11-21)19-32-15-14-27-26(20-32)28(31-33(27)16-17-34)29(35)30-18-24-8-5-7-23-6-3-4-9-25(23)24/h1-15,20,38H,16-19,21-23H2,(H,34,39);1-16,38H,17-23H2,(H,34,39);3-13,34H,2,14-20H2,1H3,(H,30,35). The number of aliphatic hydroxyl groups is 3. The molecule has 113 heavy (non-hydrogen) atoms. The lowest BCUT2D eigenvalue weighted by atomic mass is 10.0. The molecule has 0 saturated carbocycles. The monoisotopic (exact) mass is 1500 g/mol. The molecule has 11 aromatic carbocycles. The van der Waals surface area contributed by atoms with Crippen LogP contribution >= 0.6 is 0 Å². The van der Waals surface area contributed by atoms with E-state index in [9.17, 15) is 29.7 Å². The van der Waals surface area contributed by atoms with E-state index in [2.05, 4.69) is 229 Å². The highest BCUT2D eigenvalue weighted by Gasteiger charge is 2.32. The third-order valence-corrected chi connectivity index (χ3v) is 21.9.